The number of hydroxylamine groups is 1. The van der Waals surface area contributed by atoms with Gasteiger partial charge >= 0.3 is 6.09 Å². The second kappa shape index (κ2) is 18.9. The third kappa shape index (κ3) is 13.6. The highest BCUT2D eigenvalue weighted by Crippen LogP contribution is 2.29. The second-order valence-corrected chi connectivity index (χ2v) is 15.8. The van der Waals surface area contributed by atoms with E-state index in [0.717, 1.165) is 67.5 Å². The van der Waals surface area contributed by atoms with Gasteiger partial charge in [0, 0.05) is 19.5 Å². The molecule has 2 unspecified atom stereocenters. The predicted molar refractivity (Wildman–Crippen MR) is 193 cm³/mol. The first-order chi connectivity index (χ1) is 23.2. The van der Waals surface area contributed by atoms with E-state index in [1.807, 2.05) is 66.1 Å². The Hall–Kier alpha value is -3.67. The molecule has 49 heavy (non-hydrogen) atoms. The zero-order valence-electron chi connectivity index (χ0n) is 30.5. The Morgan fingerprint density at radius 1 is 0.939 bits per heavy atom. The summed E-state index contributed by atoms with van der Waals surface area (Å²) < 4.78 is 5.24. The smallest absolute Gasteiger partial charge is 0.407 e. The van der Waals surface area contributed by atoms with Gasteiger partial charge in [0.25, 0.3) is 5.91 Å². The molecule has 0 bridgehead atoms. The number of thiazole rings is 1. The number of amides is 4. The minimum atomic E-state index is -0.748. The molecule has 272 valence electrons. The molecule has 1 aliphatic heterocycles. The molecule has 0 aliphatic carbocycles. The molecule has 1 aromatic carbocycles. The van der Waals surface area contributed by atoms with Gasteiger partial charge in [-0.25, -0.2) is 9.78 Å². The third-order valence-corrected chi connectivity index (χ3v) is 9.36. The Morgan fingerprint density at radius 3 is 2.16 bits per heavy atom. The summed E-state index contributed by atoms with van der Waals surface area (Å²) in [6.45, 7) is 14.3. The highest BCUT2D eigenvalue weighted by Gasteiger charge is 2.42. The number of hydrogen-bond acceptors (Lipinski definition) is 8. The average Bonchev–Trinajstić information content (AvgIpc) is 3.69. The van der Waals surface area contributed by atoms with Crippen LogP contribution in [0.2, 0.25) is 0 Å². The summed E-state index contributed by atoms with van der Waals surface area (Å²) in [6.07, 6.45) is 9.26. The molecule has 4 amide bonds. The maximum absolute atomic E-state index is 13.8. The summed E-state index contributed by atoms with van der Waals surface area (Å²) >= 11 is 1.57. The summed E-state index contributed by atoms with van der Waals surface area (Å²) in [6, 6.07) is 5.99. The van der Waals surface area contributed by atoms with E-state index < -0.39 is 23.1 Å². The number of nitrogens with zero attached hydrogens (tertiary/aromatic N) is 2. The molecule has 2 heterocycles. The van der Waals surface area contributed by atoms with E-state index in [9.17, 15) is 19.2 Å². The van der Waals surface area contributed by atoms with E-state index in [0.29, 0.717) is 38.1 Å². The number of nitrogens with one attached hydrogen (secondary N) is 3. The van der Waals surface area contributed by atoms with Crippen molar-refractivity contribution < 1.29 is 28.8 Å². The standard InChI is InChI=1S/C37H57N5O6S/c1-26-31(49-25-39-26)27-19-21-28(22-20-27)48-41-33(44)29-17-16-24-42(29)34(45)32(36(2,3)4)40-30(43)18-14-12-10-8-9-11-13-15-23-38-35(46)47-37(5,6)7/h19-22,25,29,32H,8-18,23-24H2,1-7H3,(H,38,46)(H,40,43)(H,41,44). The van der Waals surface area contributed by atoms with Crippen LogP contribution >= 0.6 is 11.3 Å². The Kier molecular flexibility index (Phi) is 15.4. The number of unbranched alkanes of at least 4 members (excludes halogenated alkanes) is 7. The van der Waals surface area contributed by atoms with Gasteiger partial charge in [0.05, 0.1) is 16.1 Å². The van der Waals surface area contributed by atoms with Crippen LogP contribution in [0.3, 0.4) is 0 Å². The molecule has 3 rings (SSSR count). The predicted octanol–water partition coefficient (Wildman–Crippen LogP) is 7.09. The lowest BCUT2D eigenvalue weighted by Crippen LogP contribution is -2.57. The lowest BCUT2D eigenvalue weighted by molar-refractivity contribution is -0.145. The van der Waals surface area contributed by atoms with E-state index in [4.69, 9.17) is 9.57 Å². The van der Waals surface area contributed by atoms with Gasteiger partial charge in [0.2, 0.25) is 11.8 Å². The number of hydrogen-bond donors (Lipinski definition) is 3. The normalized spacial score (nSPS) is 15.4. The van der Waals surface area contributed by atoms with Crippen LogP contribution in [0, 0.1) is 12.3 Å². The second-order valence-electron chi connectivity index (χ2n) is 14.9. The number of likely N-dealkylation sites (tertiary alicyclic amines) is 1. The molecule has 12 heteroatoms. The van der Waals surface area contributed by atoms with Crippen molar-refractivity contribution in [3.05, 3.63) is 35.5 Å². The molecule has 1 aromatic heterocycles. The number of aromatic nitrogens is 1. The molecule has 3 N–H and O–H groups in total. The first-order valence-electron chi connectivity index (χ1n) is 17.7. The van der Waals surface area contributed by atoms with E-state index in [2.05, 4.69) is 21.1 Å². The Balaban J connectivity index is 1.36. The quantitative estimate of drug-likeness (QED) is 0.118. The molecule has 0 saturated carbocycles. The molecular formula is C37H57N5O6S. The van der Waals surface area contributed by atoms with Crippen molar-refractivity contribution in [3.8, 4) is 16.2 Å². The van der Waals surface area contributed by atoms with Gasteiger partial charge in [0.1, 0.15) is 17.7 Å². The first-order valence-corrected chi connectivity index (χ1v) is 18.6. The van der Waals surface area contributed by atoms with Gasteiger partial charge in [0.15, 0.2) is 5.75 Å². The van der Waals surface area contributed by atoms with Crippen LogP contribution in [0.4, 0.5) is 4.79 Å². The van der Waals surface area contributed by atoms with Gasteiger partial charge in [-0.05, 0) is 88.6 Å². The lowest BCUT2D eigenvalue weighted by atomic mass is 9.85. The van der Waals surface area contributed by atoms with Crippen LogP contribution in [0.5, 0.6) is 5.75 Å². The van der Waals surface area contributed by atoms with Crippen molar-refractivity contribution in [2.24, 2.45) is 5.41 Å². The molecule has 0 radical (unpaired) electrons. The zero-order valence-corrected chi connectivity index (χ0v) is 31.3. The van der Waals surface area contributed by atoms with Crippen molar-refractivity contribution in [1.29, 1.82) is 0 Å². The topological polar surface area (TPSA) is 139 Å². The molecule has 2 atom stereocenters. The highest BCUT2D eigenvalue weighted by molar-refractivity contribution is 7.13. The monoisotopic (exact) mass is 699 g/mol. The van der Waals surface area contributed by atoms with Crippen LogP contribution in [0.1, 0.15) is 118 Å². The molecule has 1 aliphatic rings. The van der Waals surface area contributed by atoms with Gasteiger partial charge in [-0.3, -0.25) is 14.4 Å². The third-order valence-electron chi connectivity index (χ3n) is 8.39. The van der Waals surface area contributed by atoms with Gasteiger partial charge in [-0.2, -0.15) is 5.48 Å². The zero-order chi connectivity index (χ0) is 36.0. The number of benzene rings is 1. The van der Waals surface area contributed by atoms with Crippen molar-refractivity contribution in [2.75, 3.05) is 13.1 Å². The summed E-state index contributed by atoms with van der Waals surface area (Å²) in [5, 5.41) is 5.78. The van der Waals surface area contributed by atoms with Crippen LogP contribution in [-0.4, -0.2) is 64.5 Å². The number of ether oxygens (including phenoxy) is 1. The molecule has 1 saturated heterocycles. The van der Waals surface area contributed by atoms with Crippen molar-refractivity contribution in [1.82, 2.24) is 26.0 Å². The van der Waals surface area contributed by atoms with Crippen LogP contribution in [0.15, 0.2) is 29.8 Å². The SMILES string of the molecule is Cc1ncsc1-c1ccc(ONC(=O)C2CCCN2C(=O)C(NC(=O)CCCCCCCCCCNC(=O)OC(C)(C)C)C(C)(C)C)cc1. The fourth-order valence-electron chi connectivity index (χ4n) is 5.76. The summed E-state index contributed by atoms with van der Waals surface area (Å²) in [5.41, 5.74) is 5.31. The van der Waals surface area contributed by atoms with E-state index in [1.165, 1.54) is 0 Å². The first kappa shape index (κ1) is 39.8. The van der Waals surface area contributed by atoms with Gasteiger partial charge in [-0.1, -0.05) is 59.3 Å². The summed E-state index contributed by atoms with van der Waals surface area (Å²) in [7, 11) is 0. The number of carbonyl (C=O) groups is 4. The molecule has 1 fully saturated rings. The van der Waals surface area contributed by atoms with Crippen molar-refractivity contribution in [2.45, 2.75) is 137 Å². The van der Waals surface area contributed by atoms with Gasteiger partial charge < -0.3 is 25.1 Å². The van der Waals surface area contributed by atoms with Crippen molar-refractivity contribution >= 4 is 35.2 Å². The molecular weight excluding hydrogens is 643 g/mol. The Bertz CT molecular complexity index is 1360. The molecule has 0 spiro atoms. The lowest BCUT2D eigenvalue weighted by Gasteiger charge is -2.35. The summed E-state index contributed by atoms with van der Waals surface area (Å²) in [5.74, 6) is -0.292. The average molecular weight is 700 g/mol. The Morgan fingerprint density at radius 2 is 1.57 bits per heavy atom. The number of alkyl carbamates (subject to hydrolysis) is 1. The maximum atomic E-state index is 13.8. The maximum Gasteiger partial charge on any atom is 0.407 e. The fourth-order valence-corrected chi connectivity index (χ4v) is 6.57. The van der Waals surface area contributed by atoms with Crippen LogP contribution < -0.4 is 21.0 Å². The largest absolute Gasteiger partial charge is 0.444 e. The number of carbonyl (C=O) groups excluding carboxylic acids is 4. The minimum absolute atomic E-state index is 0.147. The van der Waals surface area contributed by atoms with E-state index >= 15 is 0 Å². The van der Waals surface area contributed by atoms with Gasteiger partial charge in [-0.15, -0.1) is 11.3 Å². The van der Waals surface area contributed by atoms with E-state index in [1.54, 1.807) is 28.4 Å². The van der Waals surface area contributed by atoms with Crippen LogP contribution in [0.25, 0.3) is 10.4 Å². The van der Waals surface area contributed by atoms with E-state index in [-0.39, 0.29) is 23.8 Å². The fraction of sp³-hybridized carbons (Fsp3) is 0.649. The minimum Gasteiger partial charge on any atom is -0.444 e. The number of rotatable bonds is 17. The number of aryl methyl sites for hydroxylation is 1. The van der Waals surface area contributed by atoms with Crippen molar-refractivity contribution in [3.63, 3.8) is 0 Å². The molecule has 11 nitrogen and oxygen atoms in total. The molecule has 2 aromatic rings. The Labute approximate surface area is 296 Å². The van der Waals surface area contributed by atoms with Crippen LogP contribution in [-0.2, 0) is 19.1 Å². The highest BCUT2D eigenvalue weighted by atomic mass is 32.1. The summed E-state index contributed by atoms with van der Waals surface area (Å²) in [4.78, 5) is 64.1.